The number of hydrogen-bond acceptors (Lipinski definition) is 4. The Morgan fingerprint density at radius 1 is 1.23 bits per heavy atom. The van der Waals surface area contributed by atoms with Crippen LogP contribution in [-0.4, -0.2) is 31.4 Å². The SMILES string of the molecule is COC(=O)CC(B1OC(C)(C)C(C)(C)O1)c1ccc(C(F)(F)F)cc1Br. The molecule has 1 aliphatic rings. The fourth-order valence-electron chi connectivity index (χ4n) is 2.67. The molecule has 144 valence electrons. The summed E-state index contributed by atoms with van der Waals surface area (Å²) >= 11 is 3.19. The molecule has 1 aromatic carbocycles. The van der Waals surface area contributed by atoms with E-state index in [2.05, 4.69) is 15.9 Å². The van der Waals surface area contributed by atoms with E-state index in [1.165, 1.54) is 13.2 Å². The van der Waals surface area contributed by atoms with E-state index in [1.54, 1.807) is 0 Å². The van der Waals surface area contributed by atoms with Crippen molar-refractivity contribution in [1.29, 1.82) is 0 Å². The van der Waals surface area contributed by atoms with E-state index in [9.17, 15) is 18.0 Å². The van der Waals surface area contributed by atoms with Gasteiger partial charge in [0.2, 0.25) is 0 Å². The monoisotopic (exact) mass is 436 g/mol. The van der Waals surface area contributed by atoms with Gasteiger partial charge in [-0.1, -0.05) is 22.0 Å². The van der Waals surface area contributed by atoms with Crippen LogP contribution in [0.5, 0.6) is 0 Å². The topological polar surface area (TPSA) is 44.8 Å². The van der Waals surface area contributed by atoms with Crippen LogP contribution in [0, 0.1) is 0 Å². The van der Waals surface area contributed by atoms with Gasteiger partial charge in [-0.2, -0.15) is 13.2 Å². The zero-order valence-electron chi connectivity index (χ0n) is 15.2. The number of methoxy groups -OCH3 is 1. The lowest BCUT2D eigenvalue weighted by Crippen LogP contribution is -2.41. The van der Waals surface area contributed by atoms with E-state index in [4.69, 9.17) is 14.0 Å². The fourth-order valence-corrected chi connectivity index (χ4v) is 3.35. The van der Waals surface area contributed by atoms with Crippen molar-refractivity contribution in [2.45, 2.75) is 57.3 Å². The summed E-state index contributed by atoms with van der Waals surface area (Å²) in [6.07, 6.45) is -4.54. The molecule has 0 aliphatic carbocycles. The molecule has 1 fully saturated rings. The molecule has 0 radical (unpaired) electrons. The summed E-state index contributed by atoms with van der Waals surface area (Å²) in [5.41, 5.74) is -1.56. The van der Waals surface area contributed by atoms with Gasteiger partial charge >= 0.3 is 19.3 Å². The molecule has 0 saturated carbocycles. The summed E-state index contributed by atoms with van der Waals surface area (Å²) in [7, 11) is 0.456. The minimum Gasteiger partial charge on any atom is -0.469 e. The van der Waals surface area contributed by atoms with Gasteiger partial charge in [0.25, 0.3) is 0 Å². The van der Waals surface area contributed by atoms with E-state index in [0.717, 1.165) is 12.1 Å². The lowest BCUT2D eigenvalue weighted by atomic mass is 9.66. The normalized spacial score (nSPS) is 20.1. The third kappa shape index (κ3) is 4.26. The van der Waals surface area contributed by atoms with Crippen molar-refractivity contribution in [3.63, 3.8) is 0 Å². The first-order valence-electron chi connectivity index (χ1n) is 8.07. The third-order valence-corrected chi connectivity index (χ3v) is 5.63. The Labute approximate surface area is 159 Å². The van der Waals surface area contributed by atoms with Gasteiger partial charge in [0.05, 0.1) is 30.3 Å². The molecule has 0 spiro atoms. The highest BCUT2D eigenvalue weighted by Crippen LogP contribution is 2.43. The Balaban J connectivity index is 2.42. The van der Waals surface area contributed by atoms with Crippen molar-refractivity contribution in [2.75, 3.05) is 7.11 Å². The Hall–Kier alpha value is -1.06. The number of halogens is 4. The molecule has 1 unspecified atom stereocenters. The molecule has 0 aromatic heterocycles. The predicted molar refractivity (Wildman–Crippen MR) is 94.6 cm³/mol. The number of rotatable bonds is 4. The molecule has 1 aromatic rings. The molecule has 1 atom stereocenters. The van der Waals surface area contributed by atoms with E-state index in [1.807, 2.05) is 27.7 Å². The first-order valence-corrected chi connectivity index (χ1v) is 8.87. The number of alkyl halides is 3. The highest BCUT2D eigenvalue weighted by Gasteiger charge is 2.54. The van der Waals surface area contributed by atoms with Crippen LogP contribution in [-0.2, 0) is 25.0 Å². The lowest BCUT2D eigenvalue weighted by molar-refractivity contribution is -0.141. The van der Waals surface area contributed by atoms with E-state index in [-0.39, 0.29) is 10.9 Å². The molecule has 1 heterocycles. The van der Waals surface area contributed by atoms with Crippen LogP contribution < -0.4 is 0 Å². The molecular formula is C17H21BBrF3O4. The first kappa shape index (κ1) is 21.2. The van der Waals surface area contributed by atoms with Gasteiger partial charge in [0.1, 0.15) is 0 Å². The molecule has 1 saturated heterocycles. The second-order valence-electron chi connectivity index (χ2n) is 7.25. The van der Waals surface area contributed by atoms with Crippen molar-refractivity contribution in [3.8, 4) is 0 Å². The average Bonchev–Trinajstić information content (AvgIpc) is 2.72. The maximum atomic E-state index is 12.9. The van der Waals surface area contributed by atoms with Crippen LogP contribution in [0.1, 0.15) is 51.1 Å². The van der Waals surface area contributed by atoms with E-state index < -0.39 is 41.8 Å². The first-order chi connectivity index (χ1) is 11.8. The Kier molecular flexibility index (Phi) is 5.86. The van der Waals surface area contributed by atoms with Gasteiger partial charge in [-0.25, -0.2) is 0 Å². The highest BCUT2D eigenvalue weighted by atomic mass is 79.9. The van der Waals surface area contributed by atoms with Gasteiger partial charge in [-0.05, 0) is 45.4 Å². The summed E-state index contributed by atoms with van der Waals surface area (Å²) in [4.78, 5) is 11.9. The number of carbonyl (C=O) groups is 1. The maximum absolute atomic E-state index is 12.9. The summed E-state index contributed by atoms with van der Waals surface area (Å²) in [6.45, 7) is 7.46. The fraction of sp³-hybridized carbons (Fsp3) is 0.588. The molecule has 26 heavy (non-hydrogen) atoms. The van der Waals surface area contributed by atoms with Crippen molar-refractivity contribution >= 4 is 29.0 Å². The summed E-state index contributed by atoms with van der Waals surface area (Å²) < 4.78 is 55.8. The number of esters is 1. The quantitative estimate of drug-likeness (QED) is 0.504. The molecule has 9 heteroatoms. The van der Waals surface area contributed by atoms with Gasteiger partial charge < -0.3 is 14.0 Å². The minimum atomic E-state index is -4.46. The third-order valence-electron chi connectivity index (χ3n) is 4.94. The number of hydrogen-bond donors (Lipinski definition) is 0. The molecule has 0 N–H and O–H groups in total. The van der Waals surface area contributed by atoms with Crippen LogP contribution in [0.3, 0.4) is 0 Å². The van der Waals surface area contributed by atoms with E-state index >= 15 is 0 Å². The standard InChI is InChI=1S/C17H21BBrF3O4/c1-15(2)16(3,4)26-18(25-15)12(9-14(23)24-5)11-7-6-10(8-13(11)19)17(20,21)22/h6-8,12H,9H2,1-5H3. The second-order valence-corrected chi connectivity index (χ2v) is 8.10. The van der Waals surface area contributed by atoms with Crippen LogP contribution in [0.15, 0.2) is 22.7 Å². The van der Waals surface area contributed by atoms with Crippen molar-refractivity contribution in [2.24, 2.45) is 0 Å². The smallest absolute Gasteiger partial charge is 0.466 e. The number of carbonyl (C=O) groups excluding carboxylic acids is 1. The number of benzene rings is 1. The second kappa shape index (κ2) is 7.17. The van der Waals surface area contributed by atoms with Crippen molar-refractivity contribution < 1.29 is 32.0 Å². The molecule has 0 amide bonds. The van der Waals surface area contributed by atoms with Crippen LogP contribution in [0.25, 0.3) is 0 Å². The van der Waals surface area contributed by atoms with E-state index in [0.29, 0.717) is 5.56 Å². The average molecular weight is 437 g/mol. The van der Waals surface area contributed by atoms with Gasteiger partial charge in [0.15, 0.2) is 0 Å². The Morgan fingerprint density at radius 3 is 2.19 bits per heavy atom. The zero-order chi connectivity index (χ0) is 19.9. The van der Waals surface area contributed by atoms with Crippen LogP contribution in [0.4, 0.5) is 13.2 Å². The predicted octanol–water partition coefficient (Wildman–Crippen LogP) is 4.75. The highest BCUT2D eigenvalue weighted by molar-refractivity contribution is 9.10. The zero-order valence-corrected chi connectivity index (χ0v) is 16.8. The lowest BCUT2D eigenvalue weighted by Gasteiger charge is -2.32. The molecule has 1 aliphatic heterocycles. The van der Waals surface area contributed by atoms with Gasteiger partial charge in [-0.15, -0.1) is 0 Å². The maximum Gasteiger partial charge on any atom is 0.466 e. The molecular weight excluding hydrogens is 416 g/mol. The minimum absolute atomic E-state index is 0.0860. The molecule has 2 rings (SSSR count). The molecule has 4 nitrogen and oxygen atoms in total. The summed E-state index contributed by atoms with van der Waals surface area (Å²) in [5, 5.41) is 0. The summed E-state index contributed by atoms with van der Waals surface area (Å²) in [6, 6.07) is 3.31. The Bertz CT molecular complexity index is 675. The van der Waals surface area contributed by atoms with Crippen LogP contribution >= 0.6 is 15.9 Å². The van der Waals surface area contributed by atoms with Crippen molar-refractivity contribution in [3.05, 3.63) is 33.8 Å². The van der Waals surface area contributed by atoms with Gasteiger partial charge in [0, 0.05) is 10.3 Å². The summed E-state index contributed by atoms with van der Waals surface area (Å²) in [5.74, 6) is -1.13. The van der Waals surface area contributed by atoms with Crippen molar-refractivity contribution in [1.82, 2.24) is 0 Å². The largest absolute Gasteiger partial charge is 0.469 e. The molecule has 0 bridgehead atoms. The Morgan fingerprint density at radius 2 is 1.77 bits per heavy atom. The number of ether oxygens (including phenoxy) is 1. The van der Waals surface area contributed by atoms with Gasteiger partial charge in [-0.3, -0.25) is 4.79 Å². The van der Waals surface area contributed by atoms with Crippen LogP contribution in [0.2, 0.25) is 0 Å².